The van der Waals surface area contributed by atoms with Crippen LogP contribution in [0.2, 0.25) is 5.02 Å². The number of alkyl halides is 1. The summed E-state index contributed by atoms with van der Waals surface area (Å²) < 4.78 is 29.5. The van der Waals surface area contributed by atoms with E-state index in [1.807, 2.05) is 11.0 Å². The molecule has 2 N–H and O–H groups in total. The molecule has 0 bridgehead atoms. The minimum atomic E-state index is -1.07. The van der Waals surface area contributed by atoms with Gasteiger partial charge in [-0.1, -0.05) is 29.0 Å². The van der Waals surface area contributed by atoms with Gasteiger partial charge in [0, 0.05) is 24.2 Å². The SMILES string of the molecule is CN(c1c(F)c(Cl)c(-c2ccc3nc(NC(=O)[C@@H]4C[C@@H]4F)sc3c2)c2cn[nH]c12)C1C=NC1. The van der Waals surface area contributed by atoms with Crippen molar-refractivity contribution < 1.29 is 13.6 Å². The van der Waals surface area contributed by atoms with Gasteiger partial charge in [-0.25, -0.2) is 13.8 Å². The van der Waals surface area contributed by atoms with Crippen LogP contribution in [0.25, 0.3) is 32.2 Å². The fourth-order valence-corrected chi connectivity index (χ4v) is 5.27. The lowest BCUT2D eigenvalue weighted by Crippen LogP contribution is -2.41. The smallest absolute Gasteiger partial charge is 0.232 e. The van der Waals surface area contributed by atoms with Gasteiger partial charge in [-0.3, -0.25) is 14.9 Å². The van der Waals surface area contributed by atoms with Crippen molar-refractivity contribution in [1.29, 1.82) is 0 Å². The summed E-state index contributed by atoms with van der Waals surface area (Å²) in [4.78, 5) is 22.4. The van der Waals surface area contributed by atoms with Gasteiger partial charge in [-0.15, -0.1) is 0 Å². The molecule has 0 radical (unpaired) electrons. The molecule has 1 fully saturated rings. The number of halogens is 3. The lowest BCUT2D eigenvalue weighted by Gasteiger charge is -2.31. The monoisotopic (exact) mass is 486 g/mol. The Labute approximate surface area is 195 Å². The van der Waals surface area contributed by atoms with Crippen LogP contribution >= 0.6 is 22.9 Å². The van der Waals surface area contributed by atoms with Crippen LogP contribution in [0.1, 0.15) is 6.42 Å². The van der Waals surface area contributed by atoms with Gasteiger partial charge >= 0.3 is 0 Å². The van der Waals surface area contributed by atoms with Gasteiger partial charge in [0.2, 0.25) is 5.91 Å². The summed E-state index contributed by atoms with van der Waals surface area (Å²) in [5.74, 6) is -1.48. The Kier molecular flexibility index (Phi) is 4.63. The molecular formula is C22H17ClF2N6OS. The number of rotatable bonds is 5. The predicted molar refractivity (Wildman–Crippen MR) is 127 cm³/mol. The number of H-pyrrole nitrogens is 1. The van der Waals surface area contributed by atoms with E-state index in [9.17, 15) is 9.18 Å². The Morgan fingerprint density at radius 3 is 2.88 bits per heavy atom. The Balaban J connectivity index is 1.42. The summed E-state index contributed by atoms with van der Waals surface area (Å²) >= 11 is 7.85. The van der Waals surface area contributed by atoms with E-state index in [0.717, 1.165) is 4.70 Å². The van der Waals surface area contributed by atoms with Gasteiger partial charge in [0.1, 0.15) is 11.9 Å². The van der Waals surface area contributed by atoms with Gasteiger partial charge in [0.15, 0.2) is 10.9 Å². The van der Waals surface area contributed by atoms with Crippen molar-refractivity contribution in [3.8, 4) is 11.1 Å². The first-order valence-corrected chi connectivity index (χ1v) is 11.5. The van der Waals surface area contributed by atoms with E-state index in [4.69, 9.17) is 11.6 Å². The van der Waals surface area contributed by atoms with Crippen LogP contribution < -0.4 is 10.2 Å². The molecule has 33 heavy (non-hydrogen) atoms. The maximum absolute atomic E-state index is 15.5. The zero-order valence-electron chi connectivity index (χ0n) is 17.3. The summed E-state index contributed by atoms with van der Waals surface area (Å²) in [6, 6.07) is 5.45. The summed E-state index contributed by atoms with van der Waals surface area (Å²) in [5, 5.41) is 10.8. The second-order valence-corrected chi connectivity index (χ2v) is 9.66. The number of anilines is 2. The van der Waals surface area contributed by atoms with Crippen LogP contribution in [0.4, 0.5) is 19.6 Å². The number of aromatic amines is 1. The largest absolute Gasteiger partial charge is 0.361 e. The van der Waals surface area contributed by atoms with Gasteiger partial charge < -0.3 is 10.2 Å². The van der Waals surface area contributed by atoms with Crippen LogP contribution in [0.3, 0.4) is 0 Å². The molecule has 0 saturated heterocycles. The van der Waals surface area contributed by atoms with Crippen molar-refractivity contribution in [3.63, 3.8) is 0 Å². The molecule has 11 heteroatoms. The number of carbonyl (C=O) groups is 1. The second kappa shape index (κ2) is 7.46. The molecule has 6 rings (SSSR count). The highest BCUT2D eigenvalue weighted by Gasteiger charge is 2.43. The van der Waals surface area contributed by atoms with E-state index in [0.29, 0.717) is 44.9 Å². The second-order valence-electron chi connectivity index (χ2n) is 8.25. The first-order valence-electron chi connectivity index (χ1n) is 10.3. The molecule has 0 spiro atoms. The van der Waals surface area contributed by atoms with E-state index >= 15 is 4.39 Å². The van der Waals surface area contributed by atoms with Crippen molar-refractivity contribution in [2.45, 2.75) is 18.6 Å². The molecule has 4 aromatic rings. The van der Waals surface area contributed by atoms with Gasteiger partial charge in [-0.05, 0) is 24.1 Å². The fraction of sp³-hybridized carbons (Fsp3) is 0.273. The lowest BCUT2D eigenvalue weighted by molar-refractivity contribution is -0.117. The molecule has 1 aliphatic heterocycles. The molecule has 2 aromatic heterocycles. The number of hydrogen-bond acceptors (Lipinski definition) is 6. The van der Waals surface area contributed by atoms with Crippen molar-refractivity contribution in [1.82, 2.24) is 15.2 Å². The number of thiazole rings is 1. The standard InChI is InChI=1S/C22H17ClF2N6OS/c1-31(10-6-26-7-10)20-18(25)17(23)16(12-8-27-30-19(12)20)9-2-3-14-15(4-9)33-22(28-14)29-21(32)11-5-13(11)24/h2-4,6,8,10-11,13H,5,7H2,1H3,(H,27,30)(H,28,29,32)/t10?,11-,13+/m1/s1. The Morgan fingerprint density at radius 1 is 1.39 bits per heavy atom. The molecule has 1 unspecified atom stereocenters. The predicted octanol–water partition coefficient (Wildman–Crippen LogP) is 4.82. The zero-order valence-corrected chi connectivity index (χ0v) is 18.8. The summed E-state index contributed by atoms with van der Waals surface area (Å²) in [5.41, 5.74) is 2.80. The fourth-order valence-electron chi connectivity index (χ4n) is 4.07. The Morgan fingerprint density at radius 2 is 2.18 bits per heavy atom. The maximum atomic E-state index is 15.5. The number of hydrogen-bond donors (Lipinski definition) is 2. The third-order valence-corrected chi connectivity index (χ3v) is 7.43. The highest BCUT2D eigenvalue weighted by molar-refractivity contribution is 7.22. The van der Waals surface area contributed by atoms with E-state index in [1.165, 1.54) is 11.3 Å². The number of aromatic nitrogens is 3. The third-order valence-electron chi connectivity index (χ3n) is 6.14. The molecule has 168 valence electrons. The van der Waals surface area contributed by atoms with Crippen LogP contribution in [0.15, 0.2) is 29.4 Å². The van der Waals surface area contributed by atoms with Gasteiger partial charge in [0.05, 0.1) is 45.5 Å². The van der Waals surface area contributed by atoms with Crippen molar-refractivity contribution in [2.24, 2.45) is 10.9 Å². The van der Waals surface area contributed by atoms with Crippen LogP contribution in [0, 0.1) is 11.7 Å². The summed E-state index contributed by atoms with van der Waals surface area (Å²) in [6.07, 6.45) is 2.59. The minimum absolute atomic E-state index is 0.00148. The Hall–Kier alpha value is -3.11. The van der Waals surface area contributed by atoms with Crippen LogP contribution in [-0.4, -0.2) is 53.1 Å². The Bertz CT molecular complexity index is 1470. The van der Waals surface area contributed by atoms with E-state index < -0.39 is 17.9 Å². The van der Waals surface area contributed by atoms with Crippen molar-refractivity contribution >= 4 is 67.0 Å². The number of nitrogens with one attached hydrogen (secondary N) is 2. The molecule has 3 atom stereocenters. The molecule has 1 amide bonds. The van der Waals surface area contributed by atoms with Gasteiger partial charge in [0.25, 0.3) is 0 Å². The van der Waals surface area contributed by atoms with E-state index in [1.54, 1.807) is 31.6 Å². The van der Waals surface area contributed by atoms with Crippen LogP contribution in [0.5, 0.6) is 0 Å². The highest BCUT2D eigenvalue weighted by atomic mass is 35.5. The number of likely N-dealkylation sites (N-methyl/N-ethyl adjacent to an activating group) is 1. The highest BCUT2D eigenvalue weighted by Crippen LogP contribution is 2.44. The van der Waals surface area contributed by atoms with Crippen molar-refractivity contribution in [2.75, 3.05) is 23.8 Å². The molecular weight excluding hydrogens is 470 g/mol. The first kappa shape index (κ1) is 20.5. The molecule has 1 saturated carbocycles. The molecule has 2 aliphatic rings. The number of carbonyl (C=O) groups excluding carboxylic acids is 1. The van der Waals surface area contributed by atoms with Crippen molar-refractivity contribution in [3.05, 3.63) is 35.2 Å². The average Bonchev–Trinajstić information content (AvgIpc) is 3.11. The van der Waals surface area contributed by atoms with E-state index in [2.05, 4.69) is 25.5 Å². The number of benzene rings is 2. The molecule has 2 aromatic carbocycles. The lowest BCUT2D eigenvalue weighted by atomic mass is 9.99. The number of aliphatic imine (C=N–C) groups is 1. The van der Waals surface area contributed by atoms with Crippen LogP contribution in [-0.2, 0) is 4.79 Å². The van der Waals surface area contributed by atoms with Gasteiger partial charge in [-0.2, -0.15) is 5.10 Å². The number of nitrogens with zero attached hydrogens (tertiary/aromatic N) is 4. The van der Waals surface area contributed by atoms with E-state index in [-0.39, 0.29) is 23.4 Å². The minimum Gasteiger partial charge on any atom is -0.361 e. The summed E-state index contributed by atoms with van der Waals surface area (Å²) in [6.45, 7) is 0.596. The quantitative estimate of drug-likeness (QED) is 0.423. The maximum Gasteiger partial charge on any atom is 0.232 e. The molecule has 3 heterocycles. The zero-order chi connectivity index (χ0) is 22.9. The molecule has 7 nitrogen and oxygen atoms in total. The first-order chi connectivity index (χ1) is 15.9. The average molecular weight is 487 g/mol. The topological polar surface area (TPSA) is 86.3 Å². The normalized spacial score (nSPS) is 21.4. The molecule has 1 aliphatic carbocycles. The summed E-state index contributed by atoms with van der Waals surface area (Å²) in [7, 11) is 1.80. The third kappa shape index (κ3) is 3.27. The number of fused-ring (bicyclic) bond motifs is 2. The number of amides is 1.